The zero-order chi connectivity index (χ0) is 15.1. The van der Waals surface area contributed by atoms with Crippen molar-refractivity contribution in [2.45, 2.75) is 25.4 Å². The molecule has 0 aliphatic rings. The van der Waals surface area contributed by atoms with E-state index in [1.165, 1.54) is 24.3 Å². The van der Waals surface area contributed by atoms with E-state index in [0.717, 1.165) is 0 Å². The molecule has 1 unspecified atom stereocenters. The lowest BCUT2D eigenvalue weighted by Crippen LogP contribution is -2.47. The predicted molar refractivity (Wildman–Crippen MR) is 69.6 cm³/mol. The average molecular weight is 284 g/mol. The van der Waals surface area contributed by atoms with Gasteiger partial charge in [0.2, 0.25) is 0 Å². The predicted octanol–water partition coefficient (Wildman–Crippen LogP) is 1.02. The zero-order valence-corrected chi connectivity index (χ0v) is 11.0. The van der Waals surface area contributed by atoms with Gasteiger partial charge in [0.05, 0.1) is 6.04 Å². The summed E-state index contributed by atoms with van der Waals surface area (Å²) >= 11 is 0. The van der Waals surface area contributed by atoms with Gasteiger partial charge in [0.25, 0.3) is 0 Å². The Balaban J connectivity index is 2.56. The van der Waals surface area contributed by atoms with Gasteiger partial charge in [0.1, 0.15) is 11.9 Å². The molecule has 1 aromatic carbocycles. The molecule has 7 heteroatoms. The van der Waals surface area contributed by atoms with Gasteiger partial charge < -0.3 is 20.8 Å². The second-order valence-corrected chi connectivity index (χ2v) is 4.29. The van der Waals surface area contributed by atoms with Crippen LogP contribution >= 0.6 is 0 Å². The normalized spacial score (nSPS) is 13.3. The highest BCUT2D eigenvalue weighted by Gasteiger charge is 2.20. The van der Waals surface area contributed by atoms with E-state index in [-0.39, 0.29) is 18.8 Å². The van der Waals surface area contributed by atoms with Crippen LogP contribution in [0.2, 0.25) is 0 Å². The number of carbonyl (C=O) groups excluding carboxylic acids is 1. The molecule has 0 aliphatic heterocycles. The lowest BCUT2D eigenvalue weighted by atomic mass is 10.1. The van der Waals surface area contributed by atoms with Crippen LogP contribution in [-0.4, -0.2) is 34.9 Å². The standard InChI is InChI=1S/C13H17FN2O4/c1-8(9-2-4-10(14)5-3-9)15-13(20)16-11(6-7-17)12(18)19/h2-5,8,11,17H,6-7H2,1H3,(H,18,19)(H2,15,16,20)/t8?,11-/m0/s1. The van der Waals surface area contributed by atoms with Crippen molar-refractivity contribution in [2.75, 3.05) is 6.61 Å². The van der Waals surface area contributed by atoms with E-state index in [0.29, 0.717) is 5.56 Å². The Labute approximate surface area is 115 Å². The Hall–Kier alpha value is -2.15. The van der Waals surface area contributed by atoms with Crippen molar-refractivity contribution in [3.63, 3.8) is 0 Å². The van der Waals surface area contributed by atoms with Gasteiger partial charge in [-0.1, -0.05) is 12.1 Å². The van der Waals surface area contributed by atoms with Gasteiger partial charge in [-0.15, -0.1) is 0 Å². The number of urea groups is 1. The van der Waals surface area contributed by atoms with Gasteiger partial charge in [0.15, 0.2) is 0 Å². The molecule has 0 saturated heterocycles. The molecule has 0 radical (unpaired) electrons. The SMILES string of the molecule is CC(NC(=O)N[C@@H](CCO)C(=O)O)c1ccc(F)cc1. The van der Waals surface area contributed by atoms with Crippen LogP contribution in [0.1, 0.15) is 24.9 Å². The second-order valence-electron chi connectivity index (χ2n) is 4.29. The number of carboxylic acid groups (broad SMARTS) is 1. The summed E-state index contributed by atoms with van der Waals surface area (Å²) in [6.45, 7) is 1.35. The molecule has 1 rings (SSSR count). The smallest absolute Gasteiger partial charge is 0.326 e. The number of benzene rings is 1. The van der Waals surface area contributed by atoms with Gasteiger partial charge in [-0.25, -0.2) is 14.0 Å². The molecule has 0 fully saturated rings. The van der Waals surface area contributed by atoms with Crippen molar-refractivity contribution >= 4 is 12.0 Å². The number of amides is 2. The molecule has 110 valence electrons. The van der Waals surface area contributed by atoms with E-state index in [4.69, 9.17) is 10.2 Å². The minimum absolute atomic E-state index is 0.0757. The van der Waals surface area contributed by atoms with Crippen LogP contribution in [0.4, 0.5) is 9.18 Å². The Morgan fingerprint density at radius 2 is 1.85 bits per heavy atom. The Bertz CT molecular complexity index is 464. The van der Waals surface area contributed by atoms with Crippen molar-refractivity contribution in [3.8, 4) is 0 Å². The Morgan fingerprint density at radius 3 is 2.35 bits per heavy atom. The van der Waals surface area contributed by atoms with Gasteiger partial charge in [-0.3, -0.25) is 0 Å². The molecule has 0 heterocycles. The van der Waals surface area contributed by atoms with E-state index in [1.807, 2.05) is 0 Å². The van der Waals surface area contributed by atoms with Gasteiger partial charge in [0, 0.05) is 13.0 Å². The summed E-state index contributed by atoms with van der Waals surface area (Å²) in [5.74, 6) is -1.59. The van der Waals surface area contributed by atoms with Crippen LogP contribution < -0.4 is 10.6 Å². The van der Waals surface area contributed by atoms with Crippen molar-refractivity contribution in [1.82, 2.24) is 10.6 Å². The maximum atomic E-state index is 12.8. The van der Waals surface area contributed by atoms with Crippen LogP contribution in [-0.2, 0) is 4.79 Å². The summed E-state index contributed by atoms with van der Waals surface area (Å²) in [4.78, 5) is 22.5. The highest BCUT2D eigenvalue weighted by molar-refractivity contribution is 5.82. The number of rotatable bonds is 6. The maximum absolute atomic E-state index is 12.8. The first-order valence-corrected chi connectivity index (χ1v) is 6.10. The lowest BCUT2D eigenvalue weighted by Gasteiger charge is -2.18. The number of carbonyl (C=O) groups is 2. The largest absolute Gasteiger partial charge is 0.480 e. The Morgan fingerprint density at radius 1 is 1.25 bits per heavy atom. The number of hydrogen-bond donors (Lipinski definition) is 4. The number of aliphatic carboxylic acids is 1. The van der Waals surface area contributed by atoms with E-state index >= 15 is 0 Å². The van der Waals surface area contributed by atoms with E-state index in [2.05, 4.69) is 10.6 Å². The molecule has 0 aromatic heterocycles. The Kier molecular flexibility index (Phi) is 5.92. The number of aliphatic hydroxyl groups is 1. The third kappa shape index (κ3) is 4.85. The van der Waals surface area contributed by atoms with Crippen molar-refractivity contribution in [3.05, 3.63) is 35.6 Å². The third-order valence-electron chi connectivity index (χ3n) is 2.74. The first-order valence-electron chi connectivity index (χ1n) is 6.10. The highest BCUT2D eigenvalue weighted by atomic mass is 19.1. The summed E-state index contributed by atoms with van der Waals surface area (Å²) in [6.07, 6.45) is -0.0757. The van der Waals surface area contributed by atoms with Gasteiger partial charge in [-0.2, -0.15) is 0 Å². The molecule has 0 bridgehead atoms. The number of carboxylic acids is 1. The molecular weight excluding hydrogens is 267 g/mol. The minimum atomic E-state index is -1.22. The van der Waals surface area contributed by atoms with E-state index in [1.54, 1.807) is 6.92 Å². The van der Waals surface area contributed by atoms with Crippen LogP contribution in [0.5, 0.6) is 0 Å². The van der Waals surface area contributed by atoms with Crippen LogP contribution in [0.15, 0.2) is 24.3 Å². The number of aliphatic hydroxyl groups excluding tert-OH is 1. The second kappa shape index (κ2) is 7.44. The zero-order valence-electron chi connectivity index (χ0n) is 11.0. The maximum Gasteiger partial charge on any atom is 0.326 e. The lowest BCUT2D eigenvalue weighted by molar-refractivity contribution is -0.139. The quantitative estimate of drug-likeness (QED) is 0.627. The number of hydrogen-bond acceptors (Lipinski definition) is 3. The molecular formula is C13H17FN2O4. The molecule has 20 heavy (non-hydrogen) atoms. The molecule has 2 atom stereocenters. The fourth-order valence-electron chi connectivity index (χ4n) is 1.62. The van der Waals surface area contributed by atoms with Gasteiger partial charge >= 0.3 is 12.0 Å². The third-order valence-corrected chi connectivity index (χ3v) is 2.74. The summed E-state index contributed by atoms with van der Waals surface area (Å²) in [5, 5.41) is 22.3. The number of halogens is 1. The van der Waals surface area contributed by atoms with Crippen molar-refractivity contribution in [2.24, 2.45) is 0 Å². The monoisotopic (exact) mass is 284 g/mol. The molecule has 0 spiro atoms. The first kappa shape index (κ1) is 15.9. The summed E-state index contributed by atoms with van der Waals surface area (Å²) < 4.78 is 12.8. The summed E-state index contributed by atoms with van der Waals surface area (Å²) in [5.41, 5.74) is 0.690. The molecule has 0 aliphatic carbocycles. The fourth-order valence-corrected chi connectivity index (χ4v) is 1.62. The van der Waals surface area contributed by atoms with E-state index in [9.17, 15) is 14.0 Å². The van der Waals surface area contributed by atoms with Gasteiger partial charge in [-0.05, 0) is 24.6 Å². The molecule has 6 nitrogen and oxygen atoms in total. The highest BCUT2D eigenvalue weighted by Crippen LogP contribution is 2.12. The first-order chi connectivity index (χ1) is 9.43. The minimum Gasteiger partial charge on any atom is -0.480 e. The molecule has 1 aromatic rings. The molecule has 0 saturated carbocycles. The fraction of sp³-hybridized carbons (Fsp3) is 0.385. The summed E-state index contributed by atoms with van der Waals surface area (Å²) in [7, 11) is 0. The molecule has 2 amide bonds. The van der Waals surface area contributed by atoms with Crippen molar-refractivity contribution < 1.29 is 24.2 Å². The summed E-state index contributed by atoms with van der Waals surface area (Å²) in [6, 6.07) is 3.39. The average Bonchev–Trinajstić information content (AvgIpc) is 2.38. The van der Waals surface area contributed by atoms with Crippen LogP contribution in [0.25, 0.3) is 0 Å². The molecule has 4 N–H and O–H groups in total. The number of nitrogens with one attached hydrogen (secondary N) is 2. The van der Waals surface area contributed by atoms with E-state index < -0.39 is 24.1 Å². The topological polar surface area (TPSA) is 98.7 Å². The van der Waals surface area contributed by atoms with Crippen molar-refractivity contribution in [1.29, 1.82) is 0 Å². The van der Waals surface area contributed by atoms with Crippen LogP contribution in [0, 0.1) is 5.82 Å². The van der Waals surface area contributed by atoms with Crippen LogP contribution in [0.3, 0.4) is 0 Å².